The first-order valence-corrected chi connectivity index (χ1v) is 12.5. The minimum absolute atomic E-state index is 0.142. The lowest BCUT2D eigenvalue weighted by atomic mass is 9.98. The number of hydrogen-bond acceptors (Lipinski definition) is 6. The number of imidazole rings is 1. The van der Waals surface area contributed by atoms with Gasteiger partial charge in [0.2, 0.25) is 11.7 Å². The molecule has 0 spiro atoms. The predicted octanol–water partition coefficient (Wildman–Crippen LogP) is 3.52. The highest BCUT2D eigenvalue weighted by atomic mass is 16.8. The zero-order valence-electron chi connectivity index (χ0n) is 21.2. The van der Waals surface area contributed by atoms with Crippen LogP contribution in [0.4, 0.5) is 5.69 Å². The number of carbonyl (C=O) groups excluding carboxylic acids is 1. The predicted molar refractivity (Wildman–Crippen MR) is 137 cm³/mol. The van der Waals surface area contributed by atoms with E-state index in [0.717, 1.165) is 48.7 Å². The summed E-state index contributed by atoms with van der Waals surface area (Å²) in [5, 5.41) is 0. The molecule has 2 aliphatic rings. The summed E-state index contributed by atoms with van der Waals surface area (Å²) in [7, 11) is 0. The third-order valence-corrected chi connectivity index (χ3v) is 6.96. The lowest BCUT2D eigenvalue weighted by Crippen LogP contribution is -2.48. The van der Waals surface area contributed by atoms with Crippen LogP contribution in [0, 0.1) is 13.8 Å². The van der Waals surface area contributed by atoms with Gasteiger partial charge in [-0.25, -0.2) is 4.98 Å². The van der Waals surface area contributed by atoms with Gasteiger partial charge in [-0.2, -0.15) is 0 Å². The van der Waals surface area contributed by atoms with Gasteiger partial charge in [0, 0.05) is 56.7 Å². The van der Waals surface area contributed by atoms with Crippen LogP contribution in [0.2, 0.25) is 0 Å². The van der Waals surface area contributed by atoms with Gasteiger partial charge in [0.1, 0.15) is 18.5 Å². The SMILES string of the molecule is CC(=O)N1CCN(c2ccc(OCC3COC(Cn4ccnc4)(c4ccc(C)cc4C)O3)cc2)CC1. The van der Waals surface area contributed by atoms with E-state index in [9.17, 15) is 4.79 Å². The molecule has 0 N–H and O–H groups in total. The van der Waals surface area contributed by atoms with Crippen molar-refractivity contribution in [1.29, 1.82) is 0 Å². The number of benzene rings is 2. The van der Waals surface area contributed by atoms with Crippen molar-refractivity contribution in [1.82, 2.24) is 14.5 Å². The molecule has 2 unspecified atom stereocenters. The molecule has 8 nitrogen and oxygen atoms in total. The lowest BCUT2D eigenvalue weighted by molar-refractivity contribution is -0.189. The van der Waals surface area contributed by atoms with Crippen molar-refractivity contribution in [2.24, 2.45) is 0 Å². The summed E-state index contributed by atoms with van der Waals surface area (Å²) in [6.07, 6.45) is 5.26. The van der Waals surface area contributed by atoms with Crippen LogP contribution in [0.3, 0.4) is 0 Å². The fourth-order valence-electron chi connectivity index (χ4n) is 5.04. The van der Waals surface area contributed by atoms with Gasteiger partial charge < -0.3 is 28.6 Å². The van der Waals surface area contributed by atoms with Crippen LogP contribution >= 0.6 is 0 Å². The molecule has 0 radical (unpaired) electrons. The first-order chi connectivity index (χ1) is 17.4. The number of ether oxygens (including phenoxy) is 3. The maximum absolute atomic E-state index is 11.6. The Balaban J connectivity index is 1.22. The molecule has 2 saturated heterocycles. The van der Waals surface area contributed by atoms with E-state index in [-0.39, 0.29) is 12.0 Å². The van der Waals surface area contributed by atoms with E-state index in [1.165, 1.54) is 5.56 Å². The van der Waals surface area contributed by atoms with Gasteiger partial charge in [-0.1, -0.05) is 23.8 Å². The van der Waals surface area contributed by atoms with Gasteiger partial charge in [0.05, 0.1) is 19.5 Å². The van der Waals surface area contributed by atoms with Crippen LogP contribution in [0.15, 0.2) is 61.2 Å². The van der Waals surface area contributed by atoms with Crippen LogP contribution < -0.4 is 9.64 Å². The van der Waals surface area contributed by atoms with E-state index in [4.69, 9.17) is 14.2 Å². The Bertz CT molecular complexity index is 1170. The second-order valence-corrected chi connectivity index (χ2v) is 9.66. The Morgan fingerprint density at radius 2 is 1.89 bits per heavy atom. The zero-order chi connectivity index (χ0) is 25.1. The zero-order valence-corrected chi connectivity index (χ0v) is 21.2. The minimum Gasteiger partial charge on any atom is -0.491 e. The van der Waals surface area contributed by atoms with Gasteiger partial charge in [0.15, 0.2) is 0 Å². The summed E-state index contributed by atoms with van der Waals surface area (Å²) in [6.45, 7) is 10.4. The molecule has 8 heteroatoms. The van der Waals surface area contributed by atoms with Crippen molar-refractivity contribution in [3.63, 3.8) is 0 Å². The average Bonchev–Trinajstić information content (AvgIpc) is 3.54. The summed E-state index contributed by atoms with van der Waals surface area (Å²) >= 11 is 0. The Kier molecular flexibility index (Phi) is 6.98. The van der Waals surface area contributed by atoms with Crippen molar-refractivity contribution in [3.05, 3.63) is 77.9 Å². The second-order valence-electron chi connectivity index (χ2n) is 9.66. The number of aromatic nitrogens is 2. The largest absolute Gasteiger partial charge is 0.491 e. The van der Waals surface area contributed by atoms with E-state index in [2.05, 4.69) is 54.1 Å². The van der Waals surface area contributed by atoms with Gasteiger partial charge in [-0.15, -0.1) is 0 Å². The number of rotatable bonds is 7. The molecule has 0 aliphatic carbocycles. The van der Waals surface area contributed by atoms with Crippen LogP contribution in [0.5, 0.6) is 5.75 Å². The van der Waals surface area contributed by atoms with E-state index in [1.807, 2.05) is 27.8 Å². The van der Waals surface area contributed by atoms with Crippen LogP contribution in [-0.4, -0.2) is 65.9 Å². The Morgan fingerprint density at radius 3 is 2.56 bits per heavy atom. The molecular formula is C28H34N4O4. The number of anilines is 1. The molecule has 1 aromatic heterocycles. The highest BCUT2D eigenvalue weighted by Gasteiger charge is 2.44. The average molecular weight is 491 g/mol. The van der Waals surface area contributed by atoms with E-state index < -0.39 is 5.79 Å². The van der Waals surface area contributed by atoms with E-state index >= 15 is 0 Å². The van der Waals surface area contributed by atoms with Gasteiger partial charge in [-0.05, 0) is 43.7 Å². The molecule has 3 heterocycles. The summed E-state index contributed by atoms with van der Waals surface area (Å²) < 4.78 is 21.0. The molecule has 36 heavy (non-hydrogen) atoms. The summed E-state index contributed by atoms with van der Waals surface area (Å²) in [4.78, 5) is 19.9. The molecule has 5 rings (SSSR count). The molecule has 2 aliphatic heterocycles. The Labute approximate surface area is 212 Å². The molecule has 2 aromatic carbocycles. The number of hydrogen-bond donors (Lipinski definition) is 0. The summed E-state index contributed by atoms with van der Waals surface area (Å²) in [5.74, 6) is 0.0460. The molecule has 3 aromatic rings. The van der Waals surface area contributed by atoms with Crippen molar-refractivity contribution in [3.8, 4) is 5.75 Å². The summed E-state index contributed by atoms with van der Waals surface area (Å²) in [5.41, 5.74) is 4.51. The highest BCUT2D eigenvalue weighted by molar-refractivity contribution is 5.73. The minimum atomic E-state index is -0.890. The number of amides is 1. The molecule has 0 saturated carbocycles. The Hall–Kier alpha value is -3.36. The van der Waals surface area contributed by atoms with Gasteiger partial charge in [-0.3, -0.25) is 4.79 Å². The van der Waals surface area contributed by atoms with Crippen LogP contribution in [0.1, 0.15) is 23.6 Å². The Morgan fingerprint density at radius 1 is 1.11 bits per heavy atom. The maximum atomic E-state index is 11.6. The lowest BCUT2D eigenvalue weighted by Gasteiger charge is -2.35. The van der Waals surface area contributed by atoms with E-state index in [1.54, 1.807) is 19.4 Å². The second kappa shape index (κ2) is 10.3. The summed E-state index contributed by atoms with van der Waals surface area (Å²) in [6, 6.07) is 14.5. The molecular weight excluding hydrogens is 456 g/mol. The number of piperazine rings is 1. The maximum Gasteiger partial charge on any atom is 0.219 e. The quantitative estimate of drug-likeness (QED) is 0.505. The standard InChI is InChI=1S/C28H34N4O4/c1-21-4-9-27(22(2)16-21)28(19-30-11-10-29-20-30)35-18-26(36-28)17-34-25-7-5-24(6-8-25)32-14-12-31(13-15-32)23(3)33/h4-11,16,20,26H,12-15,17-19H2,1-3H3. The topological polar surface area (TPSA) is 69.1 Å². The van der Waals surface area contributed by atoms with Gasteiger partial charge >= 0.3 is 0 Å². The van der Waals surface area contributed by atoms with Crippen molar-refractivity contribution in [2.75, 3.05) is 44.3 Å². The number of nitrogens with zero attached hydrogens (tertiary/aromatic N) is 4. The highest BCUT2D eigenvalue weighted by Crippen LogP contribution is 2.38. The van der Waals surface area contributed by atoms with Crippen molar-refractivity contribution >= 4 is 11.6 Å². The first-order valence-electron chi connectivity index (χ1n) is 12.5. The fourth-order valence-corrected chi connectivity index (χ4v) is 5.04. The molecule has 2 atom stereocenters. The van der Waals surface area contributed by atoms with Gasteiger partial charge in [0.25, 0.3) is 0 Å². The molecule has 190 valence electrons. The number of carbonyl (C=O) groups is 1. The third-order valence-electron chi connectivity index (χ3n) is 6.96. The molecule has 2 fully saturated rings. The molecule has 0 bridgehead atoms. The monoisotopic (exact) mass is 490 g/mol. The van der Waals surface area contributed by atoms with E-state index in [0.29, 0.717) is 19.8 Å². The fraction of sp³-hybridized carbons (Fsp3) is 0.429. The van der Waals surface area contributed by atoms with Crippen LogP contribution in [0.25, 0.3) is 0 Å². The third kappa shape index (κ3) is 5.24. The first kappa shape index (κ1) is 24.3. The number of aryl methyl sites for hydroxylation is 2. The van der Waals surface area contributed by atoms with Crippen molar-refractivity contribution < 1.29 is 19.0 Å². The van der Waals surface area contributed by atoms with Crippen LogP contribution in [-0.2, 0) is 26.6 Å². The smallest absolute Gasteiger partial charge is 0.219 e. The van der Waals surface area contributed by atoms with Crippen molar-refractivity contribution in [2.45, 2.75) is 39.2 Å². The molecule has 1 amide bonds. The normalized spacial score (nSPS) is 22.1.